The first kappa shape index (κ1) is 34.6. The zero-order valence-electron chi connectivity index (χ0n) is 28.5. The van der Waals surface area contributed by atoms with Crippen LogP contribution in [0.15, 0.2) is 73.2 Å². The van der Waals surface area contributed by atoms with Crippen molar-refractivity contribution in [2.75, 3.05) is 0 Å². The molecule has 3 aromatic rings. The predicted octanol–water partition coefficient (Wildman–Crippen LogP) is 3.66. The lowest BCUT2D eigenvalue weighted by Gasteiger charge is -2.60. The molecule has 0 spiro atoms. The molecule has 7 atom stereocenters. The monoisotopic (exact) mass is 667 g/mol. The van der Waals surface area contributed by atoms with Crippen LogP contribution in [-0.4, -0.2) is 70.1 Å². The molecule has 2 aromatic carbocycles. The van der Waals surface area contributed by atoms with E-state index in [2.05, 4.69) is 53.6 Å². The van der Waals surface area contributed by atoms with Gasteiger partial charge >= 0.3 is 7.12 Å². The number of carbonyl (C=O) groups excluding carboxylic acids is 3. The Labute approximate surface area is 288 Å². The quantitative estimate of drug-likeness (QED) is 0.202. The first-order chi connectivity index (χ1) is 23.5. The van der Waals surface area contributed by atoms with Crippen LogP contribution in [0.1, 0.15) is 68.6 Å². The summed E-state index contributed by atoms with van der Waals surface area (Å²) in [5.74, 6) is -0.535. The third kappa shape index (κ3) is 7.97. The number of carbonyl (C=O) groups is 3. The second-order valence-corrected chi connectivity index (χ2v) is 14.7. The van der Waals surface area contributed by atoms with Crippen LogP contribution in [0.5, 0.6) is 5.75 Å². The summed E-state index contributed by atoms with van der Waals surface area (Å²) in [6.45, 7) is 8.79. The van der Waals surface area contributed by atoms with E-state index < -0.39 is 42.9 Å². The maximum absolute atomic E-state index is 14.2. The molecule has 11 nitrogen and oxygen atoms in total. The highest BCUT2D eigenvalue weighted by Gasteiger charge is 2.62. The van der Waals surface area contributed by atoms with E-state index in [9.17, 15) is 19.5 Å². The molecular weight excluding hydrogens is 621 g/mol. The zero-order chi connectivity index (χ0) is 34.7. The van der Waals surface area contributed by atoms with Crippen LogP contribution in [0.2, 0.25) is 0 Å². The lowest BCUT2D eigenvalue weighted by atomic mass is 9.47. The third-order valence-corrected chi connectivity index (χ3v) is 10.5. The van der Waals surface area contributed by atoms with Gasteiger partial charge in [-0.2, -0.15) is 0 Å². The number of nitrogens with zero attached hydrogens (tertiary/aromatic N) is 2. The fourth-order valence-electron chi connectivity index (χ4n) is 7.64. The fraction of sp³-hybridized carbons (Fsp3) is 0.486. The summed E-state index contributed by atoms with van der Waals surface area (Å²) in [7, 11) is -0.598. The number of phenols is 1. The van der Waals surface area contributed by atoms with Crippen LogP contribution in [0.25, 0.3) is 0 Å². The summed E-state index contributed by atoms with van der Waals surface area (Å²) < 4.78 is 13.1. The molecule has 2 heterocycles. The molecule has 1 aliphatic heterocycles. The van der Waals surface area contributed by atoms with Gasteiger partial charge in [-0.25, -0.2) is 4.98 Å². The standard InChI is InChI=1S/C37H46BN5O6/c1-22(2)16-32(38-48-31-20-25-19-27(33(31)49-38)37(25,3)4)43-35(46)29(18-24-10-12-26(44)13-11-24)41-34(45)28(17-23-8-6-5-7-9-23)42-36(47)30-21-39-14-15-40-30/h5-15,21-22,25,27-29,31-33,44H,16-20H2,1-4H3,(H,41,45)(H,42,47)(H,43,46)/t25-,27+,28+,29?,31-,32-,33+/m1/s1. The van der Waals surface area contributed by atoms with Gasteiger partial charge in [-0.05, 0) is 65.7 Å². The second kappa shape index (κ2) is 14.7. The number of rotatable bonds is 13. The number of amides is 3. The number of benzene rings is 2. The van der Waals surface area contributed by atoms with Crippen LogP contribution >= 0.6 is 0 Å². The number of aromatic hydroxyl groups is 1. The third-order valence-electron chi connectivity index (χ3n) is 10.5. The lowest BCUT2D eigenvalue weighted by molar-refractivity contribution is -0.150. The van der Waals surface area contributed by atoms with E-state index in [1.807, 2.05) is 30.3 Å². The Morgan fingerprint density at radius 1 is 0.898 bits per heavy atom. The van der Waals surface area contributed by atoms with Crippen LogP contribution in [0.3, 0.4) is 0 Å². The summed E-state index contributed by atoms with van der Waals surface area (Å²) in [6, 6.07) is 13.8. The van der Waals surface area contributed by atoms with Crippen molar-refractivity contribution in [2.24, 2.45) is 23.2 Å². The van der Waals surface area contributed by atoms with Gasteiger partial charge in [0.05, 0.1) is 24.3 Å². The van der Waals surface area contributed by atoms with Gasteiger partial charge in [0.15, 0.2) is 0 Å². The minimum atomic E-state index is -1.02. The maximum Gasteiger partial charge on any atom is 0.481 e. The van der Waals surface area contributed by atoms with E-state index in [0.717, 1.165) is 24.0 Å². The summed E-state index contributed by atoms with van der Waals surface area (Å²) in [5.41, 5.74) is 1.86. The molecule has 49 heavy (non-hydrogen) atoms. The average molecular weight is 668 g/mol. The number of phenolic OH excluding ortho intramolecular Hbond substituents is 1. The molecule has 4 aliphatic rings. The molecule has 12 heteroatoms. The van der Waals surface area contributed by atoms with Gasteiger partial charge in [0, 0.05) is 25.2 Å². The summed E-state index contributed by atoms with van der Waals surface area (Å²) in [4.78, 5) is 49.4. The Morgan fingerprint density at radius 2 is 1.57 bits per heavy atom. The van der Waals surface area contributed by atoms with Crippen molar-refractivity contribution in [2.45, 2.75) is 90.0 Å². The molecule has 3 aliphatic carbocycles. The lowest BCUT2D eigenvalue weighted by Crippen LogP contribution is -2.59. The van der Waals surface area contributed by atoms with Crippen molar-refractivity contribution in [3.8, 4) is 5.75 Å². The largest absolute Gasteiger partial charge is 0.508 e. The Hall–Kier alpha value is -4.29. The first-order valence-corrected chi connectivity index (χ1v) is 17.3. The highest BCUT2D eigenvalue weighted by Crippen LogP contribution is 2.61. The Bertz CT molecular complexity index is 1610. The molecule has 3 amide bonds. The van der Waals surface area contributed by atoms with E-state index in [1.54, 1.807) is 24.3 Å². The zero-order valence-corrected chi connectivity index (χ0v) is 28.5. The van der Waals surface area contributed by atoms with Gasteiger partial charge in [-0.3, -0.25) is 19.4 Å². The van der Waals surface area contributed by atoms with E-state index in [0.29, 0.717) is 18.3 Å². The highest BCUT2D eigenvalue weighted by atomic mass is 16.7. The molecule has 4 N–H and O–H groups in total. The van der Waals surface area contributed by atoms with Crippen LogP contribution in [-0.2, 0) is 31.7 Å². The highest BCUT2D eigenvalue weighted by molar-refractivity contribution is 6.47. The molecule has 7 rings (SSSR count). The predicted molar refractivity (Wildman–Crippen MR) is 184 cm³/mol. The van der Waals surface area contributed by atoms with Gasteiger partial charge in [0.2, 0.25) is 11.8 Å². The van der Waals surface area contributed by atoms with Gasteiger partial charge in [0.1, 0.15) is 23.5 Å². The van der Waals surface area contributed by atoms with Crippen molar-refractivity contribution in [1.29, 1.82) is 0 Å². The molecule has 1 saturated heterocycles. The minimum Gasteiger partial charge on any atom is -0.508 e. The van der Waals surface area contributed by atoms with Gasteiger partial charge in [-0.15, -0.1) is 0 Å². The molecular formula is C37H46BN5O6. The van der Waals surface area contributed by atoms with E-state index >= 15 is 0 Å². The number of hydrogen-bond donors (Lipinski definition) is 4. The van der Waals surface area contributed by atoms with Crippen molar-refractivity contribution >= 4 is 24.8 Å². The molecule has 2 bridgehead atoms. The molecule has 4 fully saturated rings. The molecule has 3 saturated carbocycles. The SMILES string of the molecule is CC(C)C[C@@H](NC(=O)C(Cc1ccc(O)cc1)NC(=O)[C@H](Cc1ccccc1)NC(=O)c1cnccn1)B1O[C@@H]2[C@@H](C[C@H]3C[C@@H]2C3(C)C)O1. The number of aromatic nitrogens is 2. The number of nitrogens with one attached hydrogen (secondary N) is 3. The van der Waals surface area contributed by atoms with Crippen LogP contribution in [0, 0.1) is 23.2 Å². The van der Waals surface area contributed by atoms with Gasteiger partial charge in [-0.1, -0.05) is 70.2 Å². The smallest absolute Gasteiger partial charge is 0.481 e. The molecule has 0 radical (unpaired) electrons. The summed E-state index contributed by atoms with van der Waals surface area (Å²) >= 11 is 0. The summed E-state index contributed by atoms with van der Waals surface area (Å²) in [6.07, 6.45) is 7.27. The fourth-order valence-corrected chi connectivity index (χ4v) is 7.64. The van der Waals surface area contributed by atoms with Crippen molar-refractivity contribution in [3.05, 3.63) is 90.0 Å². The van der Waals surface area contributed by atoms with Crippen molar-refractivity contribution < 1.29 is 28.8 Å². The molecule has 1 unspecified atom stereocenters. The number of hydrogen-bond acceptors (Lipinski definition) is 8. The van der Waals surface area contributed by atoms with Crippen LogP contribution in [0.4, 0.5) is 0 Å². The molecule has 1 aromatic heterocycles. The molecule has 258 valence electrons. The minimum absolute atomic E-state index is 0.000667. The normalized spacial score (nSPS) is 23.8. The maximum atomic E-state index is 14.2. The first-order valence-electron chi connectivity index (χ1n) is 17.3. The Kier molecular flexibility index (Phi) is 10.4. The second-order valence-electron chi connectivity index (χ2n) is 14.7. The van der Waals surface area contributed by atoms with E-state index in [-0.39, 0.29) is 47.8 Å². The van der Waals surface area contributed by atoms with Crippen LogP contribution < -0.4 is 16.0 Å². The Morgan fingerprint density at radius 3 is 2.22 bits per heavy atom. The van der Waals surface area contributed by atoms with E-state index in [1.165, 1.54) is 18.6 Å². The topological polar surface area (TPSA) is 152 Å². The summed E-state index contributed by atoms with van der Waals surface area (Å²) in [5, 5.41) is 18.8. The van der Waals surface area contributed by atoms with Crippen molar-refractivity contribution in [1.82, 2.24) is 25.9 Å². The van der Waals surface area contributed by atoms with Gasteiger partial charge in [0.25, 0.3) is 5.91 Å². The Balaban J connectivity index is 1.22. The van der Waals surface area contributed by atoms with E-state index in [4.69, 9.17) is 9.31 Å². The van der Waals surface area contributed by atoms with Gasteiger partial charge < -0.3 is 30.4 Å². The van der Waals surface area contributed by atoms with Crippen molar-refractivity contribution in [3.63, 3.8) is 0 Å². The average Bonchev–Trinajstić information content (AvgIpc) is 3.53.